The standard InChI is InChI=1S/C27H26ClN5O4/c1-37-23-7-3-5-19-16(23)12-22(31-19)27(36)33-21(10-14-8-9-14)26(35)30-15(13-29)11-17-24-18(28)4-2-6-20(24)32-25(17)34/h2-7,12,14-15,17,21,31H,8-11H2,1H3,(H,30,35)(H,32,34)(H,33,36)/t15-,17+,21-/m0/s1. The van der Waals surface area contributed by atoms with Gasteiger partial charge < -0.3 is 25.7 Å². The molecule has 3 atom stereocenters. The number of anilines is 1. The molecule has 1 aliphatic carbocycles. The van der Waals surface area contributed by atoms with E-state index in [4.69, 9.17) is 16.3 Å². The molecule has 3 aromatic rings. The molecule has 9 nitrogen and oxygen atoms in total. The number of aromatic amines is 1. The molecule has 2 aliphatic rings. The van der Waals surface area contributed by atoms with Crippen LogP contribution in [0.15, 0.2) is 42.5 Å². The van der Waals surface area contributed by atoms with Crippen LogP contribution in [0.25, 0.3) is 10.9 Å². The quantitative estimate of drug-likeness (QED) is 0.340. The summed E-state index contributed by atoms with van der Waals surface area (Å²) in [5, 5.41) is 19.3. The number of hydrogen-bond acceptors (Lipinski definition) is 5. The highest BCUT2D eigenvalue weighted by atomic mass is 35.5. The van der Waals surface area contributed by atoms with Crippen LogP contribution in [0.5, 0.6) is 5.75 Å². The van der Waals surface area contributed by atoms with Crippen LogP contribution >= 0.6 is 11.6 Å². The Morgan fingerprint density at radius 1 is 1.19 bits per heavy atom. The number of carbonyl (C=O) groups excluding carboxylic acids is 3. The van der Waals surface area contributed by atoms with Gasteiger partial charge in [0.05, 0.1) is 19.1 Å². The highest BCUT2D eigenvalue weighted by Gasteiger charge is 2.36. The zero-order chi connectivity index (χ0) is 26.1. The average molecular weight is 520 g/mol. The van der Waals surface area contributed by atoms with E-state index in [9.17, 15) is 19.6 Å². The van der Waals surface area contributed by atoms with Gasteiger partial charge in [-0.05, 0) is 49.1 Å². The van der Waals surface area contributed by atoms with Gasteiger partial charge in [0, 0.05) is 27.2 Å². The number of H-pyrrole nitrogens is 1. The number of ether oxygens (including phenoxy) is 1. The van der Waals surface area contributed by atoms with Gasteiger partial charge >= 0.3 is 0 Å². The number of benzene rings is 2. The molecule has 0 bridgehead atoms. The predicted molar refractivity (Wildman–Crippen MR) is 138 cm³/mol. The number of methoxy groups -OCH3 is 1. The maximum Gasteiger partial charge on any atom is 0.268 e. The first-order valence-electron chi connectivity index (χ1n) is 12.1. The zero-order valence-electron chi connectivity index (χ0n) is 20.1. The van der Waals surface area contributed by atoms with E-state index >= 15 is 0 Å². The number of aromatic nitrogens is 1. The average Bonchev–Trinajstić information content (AvgIpc) is 3.49. The molecule has 0 unspecified atom stereocenters. The van der Waals surface area contributed by atoms with Crippen LogP contribution in [0.4, 0.5) is 5.69 Å². The van der Waals surface area contributed by atoms with Gasteiger partial charge in [-0.2, -0.15) is 5.26 Å². The number of hydrogen-bond donors (Lipinski definition) is 4. The van der Waals surface area contributed by atoms with Gasteiger partial charge in [-0.15, -0.1) is 0 Å². The molecule has 3 amide bonds. The lowest BCUT2D eigenvalue weighted by Gasteiger charge is -2.21. The number of carbonyl (C=O) groups is 3. The van der Waals surface area contributed by atoms with Crippen molar-refractivity contribution in [1.82, 2.24) is 15.6 Å². The van der Waals surface area contributed by atoms with Gasteiger partial charge in [-0.25, -0.2) is 0 Å². The summed E-state index contributed by atoms with van der Waals surface area (Å²) in [5.74, 6) is -0.844. The van der Waals surface area contributed by atoms with Crippen LogP contribution in [-0.4, -0.2) is 41.9 Å². The van der Waals surface area contributed by atoms with Crippen LogP contribution in [0.2, 0.25) is 5.02 Å². The number of nitrogens with zero attached hydrogens (tertiary/aromatic N) is 1. The normalized spacial score (nSPS) is 17.9. The molecule has 0 radical (unpaired) electrons. The number of halogens is 1. The van der Waals surface area contributed by atoms with E-state index in [1.165, 1.54) is 0 Å². The summed E-state index contributed by atoms with van der Waals surface area (Å²) in [7, 11) is 1.56. The molecule has 1 saturated carbocycles. The highest BCUT2D eigenvalue weighted by molar-refractivity contribution is 6.32. The molecule has 1 aromatic heterocycles. The Bertz CT molecular complexity index is 1420. The Balaban J connectivity index is 1.30. The molecular formula is C27H26ClN5O4. The van der Waals surface area contributed by atoms with E-state index < -0.39 is 29.8 Å². The maximum atomic E-state index is 13.2. The molecule has 1 aliphatic heterocycles. The molecule has 5 rings (SSSR count). The number of amides is 3. The number of nitrogens with one attached hydrogen (secondary N) is 4. The van der Waals surface area contributed by atoms with Gasteiger partial charge in [0.2, 0.25) is 11.8 Å². The summed E-state index contributed by atoms with van der Waals surface area (Å²) in [6.07, 6.45) is 2.51. The summed E-state index contributed by atoms with van der Waals surface area (Å²) in [4.78, 5) is 42.0. The second kappa shape index (κ2) is 10.1. The zero-order valence-corrected chi connectivity index (χ0v) is 20.9. The van der Waals surface area contributed by atoms with Crippen molar-refractivity contribution >= 4 is 45.9 Å². The first kappa shape index (κ1) is 24.7. The minimum atomic E-state index is -0.943. The van der Waals surface area contributed by atoms with Crippen molar-refractivity contribution in [3.05, 3.63) is 58.7 Å². The van der Waals surface area contributed by atoms with Gasteiger partial charge in [-0.1, -0.05) is 36.6 Å². The second-order valence-electron chi connectivity index (χ2n) is 9.48. The topological polar surface area (TPSA) is 136 Å². The summed E-state index contributed by atoms with van der Waals surface area (Å²) in [6, 6.07) is 12.6. The molecule has 2 aromatic carbocycles. The molecule has 2 heterocycles. The van der Waals surface area contributed by atoms with E-state index in [0.717, 1.165) is 23.7 Å². The van der Waals surface area contributed by atoms with Crippen molar-refractivity contribution in [3.8, 4) is 11.8 Å². The van der Waals surface area contributed by atoms with Gasteiger partial charge in [0.25, 0.3) is 5.91 Å². The van der Waals surface area contributed by atoms with Crippen LogP contribution < -0.4 is 20.7 Å². The fourth-order valence-electron chi connectivity index (χ4n) is 4.81. The first-order chi connectivity index (χ1) is 17.9. The third kappa shape index (κ3) is 5.11. The van der Waals surface area contributed by atoms with Crippen molar-refractivity contribution in [2.75, 3.05) is 12.4 Å². The highest BCUT2D eigenvalue weighted by Crippen LogP contribution is 2.40. The Kier molecular flexibility index (Phi) is 6.76. The maximum absolute atomic E-state index is 13.2. The fraction of sp³-hybridized carbons (Fsp3) is 0.333. The van der Waals surface area contributed by atoms with E-state index in [0.29, 0.717) is 40.1 Å². The molecule has 0 saturated heterocycles. The predicted octanol–water partition coefficient (Wildman–Crippen LogP) is 3.86. The van der Waals surface area contributed by atoms with Gasteiger partial charge in [-0.3, -0.25) is 14.4 Å². The first-order valence-corrected chi connectivity index (χ1v) is 12.5. The van der Waals surface area contributed by atoms with E-state index in [-0.39, 0.29) is 12.3 Å². The summed E-state index contributed by atoms with van der Waals surface area (Å²) in [6.45, 7) is 0. The van der Waals surface area contributed by atoms with E-state index in [1.54, 1.807) is 37.4 Å². The second-order valence-corrected chi connectivity index (χ2v) is 9.89. The smallest absolute Gasteiger partial charge is 0.268 e. The fourth-order valence-corrected chi connectivity index (χ4v) is 5.12. The van der Waals surface area contributed by atoms with Crippen LogP contribution in [0.3, 0.4) is 0 Å². The van der Waals surface area contributed by atoms with Crippen molar-refractivity contribution in [2.45, 2.75) is 43.7 Å². The largest absolute Gasteiger partial charge is 0.496 e. The van der Waals surface area contributed by atoms with Crippen LogP contribution in [0.1, 0.15) is 47.7 Å². The monoisotopic (exact) mass is 519 g/mol. The summed E-state index contributed by atoms with van der Waals surface area (Å²) in [5.41, 5.74) is 2.28. The summed E-state index contributed by atoms with van der Waals surface area (Å²) >= 11 is 6.32. The number of nitriles is 1. The van der Waals surface area contributed by atoms with E-state index in [1.807, 2.05) is 12.1 Å². The minimum Gasteiger partial charge on any atom is -0.496 e. The molecule has 10 heteroatoms. The van der Waals surface area contributed by atoms with Crippen molar-refractivity contribution in [2.24, 2.45) is 5.92 Å². The number of rotatable bonds is 9. The molecular weight excluding hydrogens is 494 g/mol. The Morgan fingerprint density at radius 2 is 1.97 bits per heavy atom. The lowest BCUT2D eigenvalue weighted by molar-refractivity contribution is -0.124. The van der Waals surface area contributed by atoms with Gasteiger partial charge in [0.1, 0.15) is 23.5 Å². The third-order valence-electron chi connectivity index (χ3n) is 6.90. The third-order valence-corrected chi connectivity index (χ3v) is 7.23. The lowest BCUT2D eigenvalue weighted by Crippen LogP contribution is -2.50. The van der Waals surface area contributed by atoms with Crippen LogP contribution in [0, 0.1) is 17.2 Å². The van der Waals surface area contributed by atoms with Gasteiger partial charge in [0.15, 0.2) is 0 Å². The lowest BCUT2D eigenvalue weighted by atomic mass is 9.93. The molecule has 37 heavy (non-hydrogen) atoms. The van der Waals surface area contributed by atoms with E-state index in [2.05, 4.69) is 27.0 Å². The van der Waals surface area contributed by atoms with Crippen molar-refractivity contribution in [1.29, 1.82) is 5.26 Å². The Hall–Kier alpha value is -4.03. The summed E-state index contributed by atoms with van der Waals surface area (Å²) < 4.78 is 5.37. The van der Waals surface area contributed by atoms with Crippen LogP contribution in [-0.2, 0) is 9.59 Å². The Morgan fingerprint density at radius 3 is 2.70 bits per heavy atom. The Labute approximate surface area is 218 Å². The SMILES string of the molecule is COc1cccc2[nH]c(C(=O)N[C@@H](CC3CC3)C(=O)N[C@H](C#N)C[C@H]3C(=O)Nc4cccc(Cl)c43)cc12. The molecule has 4 N–H and O–H groups in total. The molecule has 190 valence electrons. The number of fused-ring (bicyclic) bond motifs is 2. The van der Waals surface area contributed by atoms with Crippen molar-refractivity contribution in [3.63, 3.8) is 0 Å². The minimum absolute atomic E-state index is 0.0662. The molecule has 1 fully saturated rings. The van der Waals surface area contributed by atoms with Crippen molar-refractivity contribution < 1.29 is 19.1 Å². The molecule has 0 spiro atoms.